The van der Waals surface area contributed by atoms with Gasteiger partial charge in [0, 0.05) is 6.54 Å². The van der Waals surface area contributed by atoms with E-state index >= 15 is 0 Å². The monoisotopic (exact) mass is 236 g/mol. The van der Waals surface area contributed by atoms with Gasteiger partial charge in [0.2, 0.25) is 0 Å². The molecule has 1 aromatic heterocycles. The predicted octanol–water partition coefficient (Wildman–Crippen LogP) is 0.972. The highest BCUT2D eigenvalue weighted by atomic mass is 16.3. The largest absolute Gasteiger partial charge is 0.376 e. The summed E-state index contributed by atoms with van der Waals surface area (Å²) in [6, 6.07) is 0. The SMILES string of the molecule is C=C1Nc2c(ncn2CCCC)C(=O)N1CO. The summed E-state index contributed by atoms with van der Waals surface area (Å²) in [6.07, 6.45) is 3.73. The lowest BCUT2D eigenvalue weighted by molar-refractivity contribution is 0.0640. The number of anilines is 1. The summed E-state index contributed by atoms with van der Waals surface area (Å²) in [5.41, 5.74) is 0.336. The quantitative estimate of drug-likeness (QED) is 0.817. The third-order valence-electron chi connectivity index (χ3n) is 2.77. The van der Waals surface area contributed by atoms with Crippen molar-refractivity contribution in [3.63, 3.8) is 0 Å². The van der Waals surface area contributed by atoms with Gasteiger partial charge in [0.1, 0.15) is 18.4 Å². The van der Waals surface area contributed by atoms with Gasteiger partial charge in [-0.2, -0.15) is 0 Å². The number of unbranched alkanes of at least 4 members (excludes halogenated alkanes) is 1. The van der Waals surface area contributed by atoms with Crippen LogP contribution in [-0.4, -0.2) is 32.2 Å². The highest BCUT2D eigenvalue weighted by molar-refractivity contribution is 6.00. The normalized spacial score (nSPS) is 14.8. The highest BCUT2D eigenvalue weighted by Gasteiger charge is 2.30. The first-order valence-electron chi connectivity index (χ1n) is 5.62. The summed E-state index contributed by atoms with van der Waals surface area (Å²) in [4.78, 5) is 17.2. The zero-order chi connectivity index (χ0) is 12.4. The molecule has 17 heavy (non-hydrogen) atoms. The summed E-state index contributed by atoms with van der Waals surface area (Å²) in [5, 5.41) is 12.1. The van der Waals surface area contributed by atoms with Crippen LogP contribution in [0.1, 0.15) is 30.3 Å². The van der Waals surface area contributed by atoms with Gasteiger partial charge in [-0.15, -0.1) is 0 Å². The second-order valence-corrected chi connectivity index (χ2v) is 3.94. The number of aromatic nitrogens is 2. The molecule has 1 aliphatic rings. The minimum atomic E-state index is -0.397. The second kappa shape index (κ2) is 4.58. The number of hydrogen-bond acceptors (Lipinski definition) is 4. The fourth-order valence-electron chi connectivity index (χ4n) is 1.77. The predicted molar refractivity (Wildman–Crippen MR) is 63.2 cm³/mol. The standard InChI is InChI=1S/C11H16N4O2/c1-3-4-5-14-6-12-9-10(14)13-8(2)15(7-16)11(9)17/h6,13,16H,2-5,7H2,1H3. The number of rotatable bonds is 4. The Balaban J connectivity index is 2.30. The number of imidazole rings is 1. The Bertz CT molecular complexity index is 452. The van der Waals surface area contributed by atoms with E-state index in [1.54, 1.807) is 6.33 Å². The van der Waals surface area contributed by atoms with Crippen LogP contribution in [0.25, 0.3) is 0 Å². The minimum Gasteiger partial charge on any atom is -0.376 e. The molecule has 0 saturated heterocycles. The van der Waals surface area contributed by atoms with E-state index in [0.29, 0.717) is 17.3 Å². The fourth-order valence-corrected chi connectivity index (χ4v) is 1.77. The van der Waals surface area contributed by atoms with Gasteiger partial charge in [0.25, 0.3) is 5.91 Å². The molecule has 0 atom stereocenters. The Labute approximate surface area is 99.6 Å². The number of nitrogens with one attached hydrogen (secondary N) is 1. The van der Waals surface area contributed by atoms with Gasteiger partial charge in [-0.05, 0) is 6.42 Å². The molecule has 0 bridgehead atoms. The molecular formula is C11H16N4O2. The van der Waals surface area contributed by atoms with Crippen LogP contribution >= 0.6 is 0 Å². The molecule has 1 aromatic rings. The number of carbonyl (C=O) groups is 1. The van der Waals surface area contributed by atoms with E-state index in [9.17, 15) is 4.79 Å². The second-order valence-electron chi connectivity index (χ2n) is 3.94. The molecule has 0 fully saturated rings. The minimum absolute atomic E-state index is 0.318. The van der Waals surface area contributed by atoms with Crippen LogP contribution in [0.5, 0.6) is 0 Å². The van der Waals surface area contributed by atoms with Crippen LogP contribution in [-0.2, 0) is 6.54 Å². The lowest BCUT2D eigenvalue weighted by atomic mass is 10.3. The third kappa shape index (κ3) is 1.91. The van der Waals surface area contributed by atoms with Gasteiger partial charge in [-0.1, -0.05) is 19.9 Å². The Morgan fingerprint density at radius 3 is 3.00 bits per heavy atom. The van der Waals surface area contributed by atoms with E-state index in [1.807, 2.05) is 4.57 Å². The maximum absolute atomic E-state index is 11.9. The summed E-state index contributed by atoms with van der Waals surface area (Å²) in [6.45, 7) is 6.23. The van der Waals surface area contributed by atoms with Crippen LogP contribution in [0.4, 0.5) is 5.82 Å². The maximum atomic E-state index is 11.9. The lowest BCUT2D eigenvalue weighted by Crippen LogP contribution is -2.38. The molecule has 0 aliphatic carbocycles. The van der Waals surface area contributed by atoms with Gasteiger partial charge in [-0.25, -0.2) is 4.98 Å². The summed E-state index contributed by atoms with van der Waals surface area (Å²) < 4.78 is 1.90. The number of aliphatic hydroxyl groups excluding tert-OH is 1. The van der Waals surface area contributed by atoms with Crippen LogP contribution in [0.2, 0.25) is 0 Å². The molecule has 0 unspecified atom stereocenters. The molecule has 1 aliphatic heterocycles. The zero-order valence-corrected chi connectivity index (χ0v) is 9.81. The maximum Gasteiger partial charge on any atom is 0.283 e. The topological polar surface area (TPSA) is 70.4 Å². The Morgan fingerprint density at radius 2 is 2.35 bits per heavy atom. The molecule has 6 nitrogen and oxygen atoms in total. The van der Waals surface area contributed by atoms with Crippen LogP contribution in [0, 0.1) is 0 Å². The molecular weight excluding hydrogens is 220 g/mol. The first kappa shape index (κ1) is 11.7. The summed E-state index contributed by atoms with van der Waals surface area (Å²) >= 11 is 0. The Morgan fingerprint density at radius 1 is 1.59 bits per heavy atom. The van der Waals surface area contributed by atoms with Crippen molar-refractivity contribution < 1.29 is 9.90 Å². The Kier molecular flexibility index (Phi) is 3.14. The van der Waals surface area contributed by atoms with Gasteiger partial charge < -0.3 is 15.0 Å². The molecule has 1 amide bonds. The van der Waals surface area contributed by atoms with Crippen LogP contribution < -0.4 is 5.32 Å². The fraction of sp³-hybridized carbons (Fsp3) is 0.455. The molecule has 92 valence electrons. The number of nitrogens with zero attached hydrogens (tertiary/aromatic N) is 3. The van der Waals surface area contributed by atoms with Crippen LogP contribution in [0.15, 0.2) is 18.7 Å². The summed E-state index contributed by atoms with van der Waals surface area (Å²) in [7, 11) is 0. The van der Waals surface area contributed by atoms with Crippen molar-refractivity contribution in [2.45, 2.75) is 26.3 Å². The highest BCUT2D eigenvalue weighted by Crippen LogP contribution is 2.25. The molecule has 0 aromatic carbocycles. The average Bonchev–Trinajstić information content (AvgIpc) is 2.70. The number of hydrogen-bond donors (Lipinski definition) is 2. The molecule has 0 spiro atoms. The van der Waals surface area contributed by atoms with E-state index in [2.05, 4.69) is 23.8 Å². The van der Waals surface area contributed by atoms with Crippen molar-refractivity contribution in [1.29, 1.82) is 0 Å². The molecule has 6 heteroatoms. The zero-order valence-electron chi connectivity index (χ0n) is 9.81. The third-order valence-corrected chi connectivity index (χ3v) is 2.77. The van der Waals surface area contributed by atoms with Gasteiger partial charge in [-0.3, -0.25) is 9.69 Å². The van der Waals surface area contributed by atoms with E-state index in [-0.39, 0.29) is 5.91 Å². The van der Waals surface area contributed by atoms with Gasteiger partial charge in [0.15, 0.2) is 5.69 Å². The number of aliphatic hydroxyl groups is 1. The molecule has 2 rings (SSSR count). The number of amides is 1. The van der Waals surface area contributed by atoms with Crippen molar-refractivity contribution in [3.8, 4) is 0 Å². The Hall–Kier alpha value is -1.82. The van der Waals surface area contributed by atoms with Crippen molar-refractivity contribution in [3.05, 3.63) is 24.4 Å². The summed E-state index contributed by atoms with van der Waals surface area (Å²) in [5.74, 6) is 0.725. The number of carbonyl (C=O) groups excluding carboxylic acids is 1. The van der Waals surface area contributed by atoms with Gasteiger partial charge >= 0.3 is 0 Å². The molecule has 0 saturated carbocycles. The smallest absolute Gasteiger partial charge is 0.283 e. The van der Waals surface area contributed by atoms with E-state index in [1.165, 1.54) is 0 Å². The van der Waals surface area contributed by atoms with Crippen molar-refractivity contribution in [2.24, 2.45) is 0 Å². The van der Waals surface area contributed by atoms with Crippen molar-refractivity contribution in [2.75, 3.05) is 12.0 Å². The number of fused-ring (bicyclic) bond motifs is 1. The first-order valence-corrected chi connectivity index (χ1v) is 5.62. The number of aryl methyl sites for hydroxylation is 1. The van der Waals surface area contributed by atoms with Crippen LogP contribution in [0.3, 0.4) is 0 Å². The molecule has 0 radical (unpaired) electrons. The average molecular weight is 236 g/mol. The van der Waals surface area contributed by atoms with Gasteiger partial charge in [0.05, 0.1) is 6.33 Å². The molecule has 2 N–H and O–H groups in total. The first-order chi connectivity index (χ1) is 8.19. The van der Waals surface area contributed by atoms with E-state index in [0.717, 1.165) is 24.3 Å². The van der Waals surface area contributed by atoms with E-state index in [4.69, 9.17) is 5.11 Å². The molecule has 2 heterocycles. The lowest BCUT2D eigenvalue weighted by Gasteiger charge is -2.27. The van der Waals surface area contributed by atoms with Crippen molar-refractivity contribution in [1.82, 2.24) is 14.5 Å². The van der Waals surface area contributed by atoms with E-state index < -0.39 is 6.73 Å². The van der Waals surface area contributed by atoms with Crippen molar-refractivity contribution >= 4 is 11.7 Å².